The van der Waals surface area contributed by atoms with Gasteiger partial charge in [-0.15, -0.1) is 0 Å². The van der Waals surface area contributed by atoms with Gasteiger partial charge in [-0.1, -0.05) is 0 Å². The number of rotatable bonds is 1. The van der Waals surface area contributed by atoms with E-state index in [1.54, 1.807) is 6.92 Å². The van der Waals surface area contributed by atoms with Gasteiger partial charge < -0.3 is 4.79 Å². The second-order valence-electron chi connectivity index (χ2n) is 3.97. The molecule has 0 aliphatic heterocycles. The summed E-state index contributed by atoms with van der Waals surface area (Å²) in [7, 11) is 0. The van der Waals surface area contributed by atoms with Crippen LogP contribution in [-0.2, 0) is 9.59 Å². The van der Waals surface area contributed by atoms with Crippen molar-refractivity contribution in [2.45, 2.75) is 26.2 Å². The second kappa shape index (κ2) is 1.93. The summed E-state index contributed by atoms with van der Waals surface area (Å²) in [6, 6.07) is 0. The molecule has 2 rings (SSSR count). The van der Waals surface area contributed by atoms with E-state index in [-0.39, 0.29) is 11.7 Å². The summed E-state index contributed by atoms with van der Waals surface area (Å²) >= 11 is 0. The third-order valence-electron chi connectivity index (χ3n) is 3.43. The first-order valence-electron chi connectivity index (χ1n) is 4.19. The number of fused-ring (bicyclic) bond motifs is 2. The molecular formula is C9H12O2. The summed E-state index contributed by atoms with van der Waals surface area (Å²) in [6.07, 6.45) is 3.92. The summed E-state index contributed by atoms with van der Waals surface area (Å²) in [4.78, 5) is 22.2. The molecule has 3 unspecified atom stereocenters. The van der Waals surface area contributed by atoms with Crippen LogP contribution >= 0.6 is 0 Å². The summed E-state index contributed by atoms with van der Waals surface area (Å²) in [5.41, 5.74) is -0.608. The van der Waals surface area contributed by atoms with Crippen molar-refractivity contribution in [3.63, 3.8) is 0 Å². The average Bonchev–Trinajstić information content (AvgIpc) is 2.56. The van der Waals surface area contributed by atoms with Crippen LogP contribution in [-0.4, -0.2) is 12.1 Å². The third kappa shape index (κ3) is 0.673. The van der Waals surface area contributed by atoms with Crippen molar-refractivity contribution in [2.75, 3.05) is 0 Å². The molecule has 0 aromatic rings. The fourth-order valence-corrected chi connectivity index (χ4v) is 2.56. The Morgan fingerprint density at radius 3 is 2.64 bits per heavy atom. The first kappa shape index (κ1) is 7.01. The molecule has 0 heterocycles. The van der Waals surface area contributed by atoms with Crippen molar-refractivity contribution in [1.29, 1.82) is 0 Å². The molecule has 2 aliphatic rings. The molecule has 11 heavy (non-hydrogen) atoms. The van der Waals surface area contributed by atoms with Gasteiger partial charge in [0.05, 0.1) is 5.41 Å². The average molecular weight is 152 g/mol. The lowest BCUT2D eigenvalue weighted by molar-refractivity contribution is -0.136. The molecular weight excluding hydrogens is 140 g/mol. The largest absolute Gasteiger partial charge is 0.302 e. The van der Waals surface area contributed by atoms with Crippen molar-refractivity contribution in [3.05, 3.63) is 0 Å². The van der Waals surface area contributed by atoms with Gasteiger partial charge in [0.15, 0.2) is 0 Å². The van der Waals surface area contributed by atoms with Crippen LogP contribution < -0.4 is 0 Å². The van der Waals surface area contributed by atoms with Gasteiger partial charge in [0, 0.05) is 5.92 Å². The normalized spacial score (nSPS) is 48.3. The van der Waals surface area contributed by atoms with E-state index in [9.17, 15) is 9.59 Å². The minimum atomic E-state index is -0.608. The van der Waals surface area contributed by atoms with E-state index in [1.807, 2.05) is 0 Å². The van der Waals surface area contributed by atoms with Crippen molar-refractivity contribution < 1.29 is 9.59 Å². The molecule has 0 saturated heterocycles. The zero-order valence-electron chi connectivity index (χ0n) is 6.67. The molecule has 0 N–H and O–H groups in total. The number of aldehydes is 1. The lowest BCUT2D eigenvalue weighted by Crippen LogP contribution is -2.35. The fraction of sp³-hybridized carbons (Fsp3) is 0.778. The molecule has 0 spiro atoms. The van der Waals surface area contributed by atoms with Gasteiger partial charge in [-0.25, -0.2) is 0 Å². The molecule has 0 radical (unpaired) electrons. The Hall–Kier alpha value is -0.660. The van der Waals surface area contributed by atoms with Crippen LogP contribution in [0.25, 0.3) is 0 Å². The highest BCUT2D eigenvalue weighted by atomic mass is 16.1. The predicted molar refractivity (Wildman–Crippen MR) is 40.0 cm³/mol. The number of hydrogen-bond acceptors (Lipinski definition) is 2. The van der Waals surface area contributed by atoms with Crippen LogP contribution in [0.2, 0.25) is 0 Å². The van der Waals surface area contributed by atoms with Crippen LogP contribution in [0.5, 0.6) is 0 Å². The van der Waals surface area contributed by atoms with Crippen molar-refractivity contribution in [3.8, 4) is 0 Å². The minimum Gasteiger partial charge on any atom is -0.302 e. The maximum absolute atomic E-state index is 11.5. The van der Waals surface area contributed by atoms with Crippen molar-refractivity contribution >= 4 is 12.1 Å². The highest BCUT2D eigenvalue weighted by Crippen LogP contribution is 2.51. The van der Waals surface area contributed by atoms with E-state index < -0.39 is 5.41 Å². The minimum absolute atomic E-state index is 0.198. The van der Waals surface area contributed by atoms with Crippen LogP contribution in [0.3, 0.4) is 0 Å². The van der Waals surface area contributed by atoms with Gasteiger partial charge in [0.1, 0.15) is 12.1 Å². The Morgan fingerprint density at radius 1 is 1.55 bits per heavy atom. The highest BCUT2D eigenvalue weighted by molar-refractivity contribution is 6.02. The lowest BCUT2D eigenvalue weighted by Gasteiger charge is -2.25. The zero-order valence-corrected chi connectivity index (χ0v) is 6.67. The molecule has 2 saturated carbocycles. The van der Waals surface area contributed by atoms with Gasteiger partial charge in [-0.2, -0.15) is 0 Å². The summed E-state index contributed by atoms with van der Waals surface area (Å²) in [5.74, 6) is 0.774. The molecule has 60 valence electrons. The monoisotopic (exact) mass is 152 g/mol. The molecule has 2 heteroatoms. The Morgan fingerprint density at radius 2 is 2.27 bits per heavy atom. The van der Waals surface area contributed by atoms with E-state index in [2.05, 4.69) is 0 Å². The maximum Gasteiger partial charge on any atom is 0.149 e. The molecule has 2 nitrogen and oxygen atoms in total. The fourth-order valence-electron chi connectivity index (χ4n) is 2.56. The first-order chi connectivity index (χ1) is 5.18. The van der Waals surface area contributed by atoms with Crippen molar-refractivity contribution in [2.24, 2.45) is 17.3 Å². The quantitative estimate of drug-likeness (QED) is 0.418. The number of Topliss-reactive ketones (excluding diaryl/α,β-unsaturated/α-hetero) is 1. The van der Waals surface area contributed by atoms with Gasteiger partial charge >= 0.3 is 0 Å². The van der Waals surface area contributed by atoms with Gasteiger partial charge in [0.2, 0.25) is 0 Å². The van der Waals surface area contributed by atoms with E-state index in [0.717, 1.165) is 25.5 Å². The molecule has 0 aromatic carbocycles. The number of ketones is 1. The molecule has 2 bridgehead atoms. The van der Waals surface area contributed by atoms with Crippen LogP contribution in [0.1, 0.15) is 26.2 Å². The zero-order chi connectivity index (χ0) is 8.06. The SMILES string of the molecule is CC1(C=O)C(=O)C2CCC1C2. The van der Waals surface area contributed by atoms with Crippen LogP contribution in [0.15, 0.2) is 0 Å². The molecule has 0 amide bonds. The van der Waals surface area contributed by atoms with Gasteiger partial charge in [-0.3, -0.25) is 4.79 Å². The Bertz CT molecular complexity index is 222. The van der Waals surface area contributed by atoms with E-state index in [1.165, 1.54) is 0 Å². The van der Waals surface area contributed by atoms with E-state index in [4.69, 9.17) is 0 Å². The van der Waals surface area contributed by atoms with E-state index >= 15 is 0 Å². The standard InChI is InChI=1S/C9H12O2/c1-9(5-10)7-3-2-6(4-7)8(9)11/h5-7H,2-4H2,1H3. The van der Waals surface area contributed by atoms with Gasteiger partial charge in [0.25, 0.3) is 0 Å². The maximum atomic E-state index is 11.5. The topological polar surface area (TPSA) is 34.1 Å². The molecule has 3 atom stereocenters. The Labute approximate surface area is 66.0 Å². The van der Waals surface area contributed by atoms with Gasteiger partial charge in [-0.05, 0) is 32.1 Å². The van der Waals surface area contributed by atoms with E-state index in [0.29, 0.717) is 5.92 Å². The highest BCUT2D eigenvalue weighted by Gasteiger charge is 2.54. The number of carbonyl (C=O) groups is 2. The molecule has 0 aromatic heterocycles. The molecule has 2 aliphatic carbocycles. The molecule has 2 fully saturated rings. The second-order valence-corrected chi connectivity index (χ2v) is 3.97. The smallest absolute Gasteiger partial charge is 0.149 e. The first-order valence-corrected chi connectivity index (χ1v) is 4.19. The lowest BCUT2D eigenvalue weighted by atomic mass is 9.75. The Kier molecular flexibility index (Phi) is 1.23. The van der Waals surface area contributed by atoms with Crippen LogP contribution in [0.4, 0.5) is 0 Å². The number of carbonyl (C=O) groups excluding carboxylic acids is 2. The summed E-state index contributed by atoms with van der Waals surface area (Å²) in [6.45, 7) is 1.80. The van der Waals surface area contributed by atoms with Crippen LogP contribution in [0, 0.1) is 17.3 Å². The number of hydrogen-bond donors (Lipinski definition) is 0. The summed E-state index contributed by atoms with van der Waals surface area (Å²) in [5, 5.41) is 0. The third-order valence-corrected chi connectivity index (χ3v) is 3.43. The van der Waals surface area contributed by atoms with Crippen molar-refractivity contribution in [1.82, 2.24) is 0 Å². The summed E-state index contributed by atoms with van der Waals surface area (Å²) < 4.78 is 0. The Balaban J connectivity index is 2.37. The predicted octanol–water partition coefficient (Wildman–Crippen LogP) is 1.19.